The minimum atomic E-state index is -0.170. The number of para-hydroxylation sites is 2. The van der Waals surface area contributed by atoms with Crippen molar-refractivity contribution in [2.24, 2.45) is 5.92 Å². The van der Waals surface area contributed by atoms with Crippen LogP contribution in [-0.4, -0.2) is 25.0 Å². The molecule has 0 aliphatic carbocycles. The minimum absolute atomic E-state index is 0.121. The lowest BCUT2D eigenvalue weighted by molar-refractivity contribution is -0.115. The summed E-state index contributed by atoms with van der Waals surface area (Å²) in [5.74, 6) is 0.848. The quantitative estimate of drug-likeness (QED) is 0.674. The number of carbonyl (C=O) groups excluding carboxylic acids is 2. The van der Waals surface area contributed by atoms with Crippen molar-refractivity contribution in [3.63, 3.8) is 0 Å². The van der Waals surface area contributed by atoms with E-state index in [2.05, 4.69) is 29.8 Å². The molecule has 138 valence electrons. The zero-order valence-corrected chi connectivity index (χ0v) is 15.3. The number of amides is 2. The summed E-state index contributed by atoms with van der Waals surface area (Å²) in [5.41, 5.74) is 2.13. The molecule has 0 heterocycles. The van der Waals surface area contributed by atoms with E-state index in [0.717, 1.165) is 11.4 Å². The Balaban J connectivity index is 1.88. The predicted octanol–water partition coefficient (Wildman–Crippen LogP) is 3.73. The molecule has 0 aliphatic rings. The lowest BCUT2D eigenvalue weighted by atomic mass is 10.2. The number of nitrogens with one attached hydrogen (secondary N) is 3. The SMILES string of the molecule is CC(=O)Nc1ccc(NC(=O)CNc2ccccc2OCC(C)C)cc1. The first kappa shape index (κ1) is 19.3. The van der Waals surface area contributed by atoms with Crippen molar-refractivity contribution in [2.75, 3.05) is 29.1 Å². The van der Waals surface area contributed by atoms with E-state index in [1.807, 2.05) is 24.3 Å². The third-order valence-electron chi connectivity index (χ3n) is 3.39. The summed E-state index contributed by atoms with van der Waals surface area (Å²) in [6.45, 7) is 6.35. The van der Waals surface area contributed by atoms with E-state index in [-0.39, 0.29) is 18.4 Å². The van der Waals surface area contributed by atoms with E-state index < -0.39 is 0 Å². The van der Waals surface area contributed by atoms with Gasteiger partial charge in [-0.15, -0.1) is 0 Å². The molecule has 0 spiro atoms. The second kappa shape index (κ2) is 9.46. The zero-order valence-electron chi connectivity index (χ0n) is 15.3. The molecule has 0 bridgehead atoms. The van der Waals surface area contributed by atoms with Gasteiger partial charge in [0, 0.05) is 18.3 Å². The number of carbonyl (C=O) groups is 2. The van der Waals surface area contributed by atoms with Gasteiger partial charge in [-0.1, -0.05) is 26.0 Å². The predicted molar refractivity (Wildman–Crippen MR) is 105 cm³/mol. The second-order valence-corrected chi connectivity index (χ2v) is 6.36. The molecule has 0 unspecified atom stereocenters. The highest BCUT2D eigenvalue weighted by Crippen LogP contribution is 2.24. The van der Waals surface area contributed by atoms with E-state index in [0.29, 0.717) is 23.9 Å². The lowest BCUT2D eigenvalue weighted by Crippen LogP contribution is -2.22. The van der Waals surface area contributed by atoms with Crippen LogP contribution in [0.25, 0.3) is 0 Å². The summed E-state index contributed by atoms with van der Waals surface area (Å²) < 4.78 is 5.77. The van der Waals surface area contributed by atoms with Gasteiger partial charge in [0.1, 0.15) is 5.75 Å². The normalized spacial score (nSPS) is 10.3. The Bertz CT molecular complexity index is 742. The maximum Gasteiger partial charge on any atom is 0.243 e. The number of hydrogen-bond acceptors (Lipinski definition) is 4. The Kier molecular flexibility index (Phi) is 7.02. The minimum Gasteiger partial charge on any atom is -0.491 e. The number of benzene rings is 2. The summed E-state index contributed by atoms with van der Waals surface area (Å²) in [6, 6.07) is 14.5. The number of rotatable bonds is 8. The van der Waals surface area contributed by atoms with Crippen molar-refractivity contribution in [2.45, 2.75) is 20.8 Å². The summed E-state index contributed by atoms with van der Waals surface area (Å²) in [6.07, 6.45) is 0. The van der Waals surface area contributed by atoms with E-state index >= 15 is 0 Å². The van der Waals surface area contributed by atoms with Gasteiger partial charge >= 0.3 is 0 Å². The third-order valence-corrected chi connectivity index (χ3v) is 3.39. The number of anilines is 3. The van der Waals surface area contributed by atoms with E-state index in [1.54, 1.807) is 24.3 Å². The van der Waals surface area contributed by atoms with Crippen LogP contribution in [-0.2, 0) is 9.59 Å². The van der Waals surface area contributed by atoms with Crippen LogP contribution in [0.3, 0.4) is 0 Å². The smallest absolute Gasteiger partial charge is 0.243 e. The van der Waals surface area contributed by atoms with Gasteiger partial charge in [0.2, 0.25) is 11.8 Å². The number of ether oxygens (including phenoxy) is 1. The Morgan fingerprint density at radius 1 is 0.962 bits per heavy atom. The fraction of sp³-hybridized carbons (Fsp3) is 0.300. The van der Waals surface area contributed by atoms with Crippen molar-refractivity contribution < 1.29 is 14.3 Å². The van der Waals surface area contributed by atoms with Gasteiger partial charge in [0.15, 0.2) is 0 Å². The van der Waals surface area contributed by atoms with Crippen molar-refractivity contribution in [1.29, 1.82) is 0 Å². The van der Waals surface area contributed by atoms with Crippen LogP contribution in [0.15, 0.2) is 48.5 Å². The van der Waals surface area contributed by atoms with Crippen LogP contribution >= 0.6 is 0 Å². The molecule has 0 aromatic heterocycles. The van der Waals surface area contributed by atoms with Crippen LogP contribution in [0, 0.1) is 5.92 Å². The maximum atomic E-state index is 12.1. The molecular weight excluding hydrogens is 330 g/mol. The van der Waals surface area contributed by atoms with E-state index in [4.69, 9.17) is 4.74 Å². The molecule has 0 saturated carbocycles. The lowest BCUT2D eigenvalue weighted by Gasteiger charge is -2.14. The fourth-order valence-electron chi connectivity index (χ4n) is 2.22. The maximum absolute atomic E-state index is 12.1. The van der Waals surface area contributed by atoms with Gasteiger partial charge in [-0.3, -0.25) is 9.59 Å². The topological polar surface area (TPSA) is 79.5 Å². The molecule has 0 atom stereocenters. The van der Waals surface area contributed by atoms with Crippen molar-refractivity contribution in [1.82, 2.24) is 0 Å². The Labute approximate surface area is 153 Å². The van der Waals surface area contributed by atoms with Crippen LogP contribution in [0.1, 0.15) is 20.8 Å². The first-order chi connectivity index (χ1) is 12.4. The zero-order chi connectivity index (χ0) is 18.9. The van der Waals surface area contributed by atoms with Gasteiger partial charge in [-0.2, -0.15) is 0 Å². The highest BCUT2D eigenvalue weighted by Gasteiger charge is 2.07. The second-order valence-electron chi connectivity index (χ2n) is 6.36. The summed E-state index contributed by atoms with van der Waals surface area (Å²) in [4.78, 5) is 23.1. The van der Waals surface area contributed by atoms with Gasteiger partial charge in [-0.05, 0) is 42.3 Å². The first-order valence-electron chi connectivity index (χ1n) is 8.57. The molecule has 2 rings (SSSR count). The van der Waals surface area contributed by atoms with Gasteiger partial charge in [-0.25, -0.2) is 0 Å². The van der Waals surface area contributed by atoms with E-state index in [9.17, 15) is 9.59 Å². The first-order valence-corrected chi connectivity index (χ1v) is 8.57. The Morgan fingerprint density at radius 3 is 2.19 bits per heavy atom. The van der Waals surface area contributed by atoms with Gasteiger partial charge in [0.05, 0.1) is 18.8 Å². The third kappa shape index (κ3) is 6.47. The van der Waals surface area contributed by atoms with Crippen molar-refractivity contribution >= 4 is 28.9 Å². The highest BCUT2D eigenvalue weighted by molar-refractivity contribution is 5.94. The van der Waals surface area contributed by atoms with Crippen LogP contribution in [0.5, 0.6) is 5.75 Å². The van der Waals surface area contributed by atoms with Gasteiger partial charge < -0.3 is 20.7 Å². The Hall–Kier alpha value is -3.02. The monoisotopic (exact) mass is 355 g/mol. The molecular formula is C20H25N3O3. The summed E-state index contributed by atoms with van der Waals surface area (Å²) in [7, 11) is 0. The molecule has 2 amide bonds. The summed E-state index contributed by atoms with van der Waals surface area (Å²) in [5, 5.41) is 8.59. The molecule has 0 aliphatic heterocycles. The molecule has 6 nitrogen and oxygen atoms in total. The molecule has 3 N–H and O–H groups in total. The van der Waals surface area contributed by atoms with Crippen LogP contribution < -0.4 is 20.7 Å². The Morgan fingerprint density at radius 2 is 1.58 bits per heavy atom. The largest absolute Gasteiger partial charge is 0.491 e. The molecule has 0 radical (unpaired) electrons. The molecule has 2 aromatic rings. The fourth-order valence-corrected chi connectivity index (χ4v) is 2.22. The van der Waals surface area contributed by atoms with Crippen molar-refractivity contribution in [3.05, 3.63) is 48.5 Å². The molecule has 0 fully saturated rings. The van der Waals surface area contributed by atoms with Gasteiger partial charge in [0.25, 0.3) is 0 Å². The standard InChI is InChI=1S/C20H25N3O3/c1-14(2)13-26-19-7-5-4-6-18(19)21-12-20(25)23-17-10-8-16(9-11-17)22-15(3)24/h4-11,14,21H,12-13H2,1-3H3,(H,22,24)(H,23,25). The number of hydrogen-bond donors (Lipinski definition) is 3. The molecule has 0 saturated heterocycles. The highest BCUT2D eigenvalue weighted by atomic mass is 16.5. The van der Waals surface area contributed by atoms with Crippen LogP contribution in [0.2, 0.25) is 0 Å². The average molecular weight is 355 g/mol. The average Bonchev–Trinajstić information content (AvgIpc) is 2.60. The molecule has 6 heteroatoms. The molecule has 2 aromatic carbocycles. The van der Waals surface area contributed by atoms with Crippen LogP contribution in [0.4, 0.5) is 17.1 Å². The summed E-state index contributed by atoms with van der Waals surface area (Å²) >= 11 is 0. The van der Waals surface area contributed by atoms with Crippen molar-refractivity contribution in [3.8, 4) is 5.75 Å². The molecule has 26 heavy (non-hydrogen) atoms. The van der Waals surface area contributed by atoms with E-state index in [1.165, 1.54) is 6.92 Å².